The minimum Gasteiger partial charge on any atom is -0.481 e. The molecule has 0 saturated carbocycles. The highest BCUT2D eigenvalue weighted by molar-refractivity contribution is 7.88. The van der Waals surface area contributed by atoms with Crippen molar-refractivity contribution in [2.45, 2.75) is 40.2 Å². The zero-order valence-electron chi connectivity index (χ0n) is 15.2. The monoisotopic (exact) mass is 370 g/mol. The standard InChI is InChI=1S/C17H26N2O5S/c1-11(16(21)22)10-12-6-8-13(9-7-12)18-15(20)14(17(2,3)4)19-25(5,23)24/h6-9,11,14,19H,10H2,1-5H3,(H,18,20)(H,21,22). The second kappa shape index (κ2) is 7.97. The number of benzene rings is 1. The van der Waals surface area contributed by atoms with E-state index < -0.39 is 39.3 Å². The lowest BCUT2D eigenvalue weighted by atomic mass is 9.87. The summed E-state index contributed by atoms with van der Waals surface area (Å²) in [6.07, 6.45) is 1.40. The lowest BCUT2D eigenvalue weighted by molar-refractivity contribution is -0.141. The third-order valence-corrected chi connectivity index (χ3v) is 4.31. The Morgan fingerprint density at radius 3 is 2.08 bits per heavy atom. The van der Waals surface area contributed by atoms with Crippen LogP contribution in [0.15, 0.2) is 24.3 Å². The van der Waals surface area contributed by atoms with Crippen LogP contribution in [0.5, 0.6) is 0 Å². The molecule has 0 aliphatic heterocycles. The third kappa shape index (κ3) is 7.23. The fraction of sp³-hybridized carbons (Fsp3) is 0.529. The smallest absolute Gasteiger partial charge is 0.306 e. The Morgan fingerprint density at radius 1 is 1.16 bits per heavy atom. The van der Waals surface area contributed by atoms with Crippen LogP contribution in [0.2, 0.25) is 0 Å². The van der Waals surface area contributed by atoms with E-state index in [-0.39, 0.29) is 0 Å². The van der Waals surface area contributed by atoms with Gasteiger partial charge in [0.15, 0.2) is 0 Å². The van der Waals surface area contributed by atoms with E-state index in [1.54, 1.807) is 52.0 Å². The van der Waals surface area contributed by atoms with Crippen molar-refractivity contribution in [1.82, 2.24) is 4.72 Å². The molecule has 1 amide bonds. The van der Waals surface area contributed by atoms with Gasteiger partial charge in [0.25, 0.3) is 0 Å². The van der Waals surface area contributed by atoms with Crippen LogP contribution in [0.25, 0.3) is 0 Å². The Kier molecular flexibility index (Phi) is 6.73. The average Bonchev–Trinajstić information content (AvgIpc) is 2.44. The van der Waals surface area contributed by atoms with Crippen molar-refractivity contribution >= 4 is 27.6 Å². The van der Waals surface area contributed by atoms with Crippen LogP contribution < -0.4 is 10.0 Å². The topological polar surface area (TPSA) is 113 Å². The van der Waals surface area contributed by atoms with Crippen molar-refractivity contribution in [3.8, 4) is 0 Å². The number of carboxylic acids is 1. The second-order valence-electron chi connectivity index (χ2n) is 7.32. The number of sulfonamides is 1. The van der Waals surface area contributed by atoms with Crippen LogP contribution in [0.1, 0.15) is 33.3 Å². The van der Waals surface area contributed by atoms with Crippen molar-refractivity contribution in [1.29, 1.82) is 0 Å². The average molecular weight is 370 g/mol. The number of nitrogens with one attached hydrogen (secondary N) is 2. The van der Waals surface area contributed by atoms with Gasteiger partial charge in [0.1, 0.15) is 6.04 Å². The molecule has 3 N–H and O–H groups in total. The van der Waals surface area contributed by atoms with E-state index >= 15 is 0 Å². The molecule has 1 aromatic rings. The van der Waals surface area contributed by atoms with Crippen LogP contribution in [-0.4, -0.2) is 37.7 Å². The lowest BCUT2D eigenvalue weighted by Crippen LogP contribution is -2.51. The summed E-state index contributed by atoms with van der Waals surface area (Å²) in [5.74, 6) is -1.81. The van der Waals surface area contributed by atoms with Gasteiger partial charge >= 0.3 is 5.97 Å². The maximum atomic E-state index is 12.5. The maximum Gasteiger partial charge on any atom is 0.306 e. The molecule has 25 heavy (non-hydrogen) atoms. The molecule has 7 nitrogen and oxygen atoms in total. The molecule has 8 heteroatoms. The number of aliphatic carboxylic acids is 1. The molecule has 1 rings (SSSR count). The second-order valence-corrected chi connectivity index (χ2v) is 9.10. The van der Waals surface area contributed by atoms with Gasteiger partial charge in [-0.05, 0) is 29.5 Å². The first-order valence-corrected chi connectivity index (χ1v) is 9.78. The molecule has 0 saturated heterocycles. The number of hydrogen-bond donors (Lipinski definition) is 3. The number of hydrogen-bond acceptors (Lipinski definition) is 4. The van der Waals surface area contributed by atoms with Gasteiger partial charge in [-0.1, -0.05) is 39.8 Å². The molecular formula is C17H26N2O5S. The van der Waals surface area contributed by atoms with Crippen molar-refractivity contribution in [2.24, 2.45) is 11.3 Å². The summed E-state index contributed by atoms with van der Waals surface area (Å²) < 4.78 is 25.4. The summed E-state index contributed by atoms with van der Waals surface area (Å²) >= 11 is 0. The molecular weight excluding hydrogens is 344 g/mol. The number of carbonyl (C=O) groups excluding carboxylic acids is 1. The van der Waals surface area contributed by atoms with Gasteiger partial charge in [0.2, 0.25) is 15.9 Å². The normalized spacial score (nSPS) is 14.6. The van der Waals surface area contributed by atoms with Gasteiger partial charge in [-0.2, -0.15) is 0 Å². The Labute approximate surface area is 148 Å². The van der Waals surface area contributed by atoms with Gasteiger partial charge in [-0.15, -0.1) is 0 Å². The zero-order chi connectivity index (χ0) is 19.4. The molecule has 0 aliphatic rings. The Morgan fingerprint density at radius 2 is 1.68 bits per heavy atom. The Bertz CT molecular complexity index is 720. The number of rotatable bonds is 7. The molecule has 0 aromatic heterocycles. The maximum absolute atomic E-state index is 12.5. The molecule has 0 bridgehead atoms. The van der Waals surface area contributed by atoms with E-state index in [0.717, 1.165) is 11.8 Å². The van der Waals surface area contributed by atoms with Gasteiger partial charge < -0.3 is 10.4 Å². The van der Waals surface area contributed by atoms with Crippen molar-refractivity contribution in [3.05, 3.63) is 29.8 Å². The first kappa shape index (κ1) is 21.1. The van der Waals surface area contributed by atoms with Crippen molar-refractivity contribution < 1.29 is 23.1 Å². The number of amides is 1. The van der Waals surface area contributed by atoms with E-state index in [1.807, 2.05) is 0 Å². The fourth-order valence-electron chi connectivity index (χ4n) is 2.22. The lowest BCUT2D eigenvalue weighted by Gasteiger charge is -2.29. The van der Waals surface area contributed by atoms with Crippen LogP contribution in [0.3, 0.4) is 0 Å². The molecule has 2 atom stereocenters. The van der Waals surface area contributed by atoms with E-state index in [1.165, 1.54) is 0 Å². The van der Waals surface area contributed by atoms with E-state index in [2.05, 4.69) is 10.0 Å². The third-order valence-electron chi connectivity index (χ3n) is 3.65. The van der Waals surface area contributed by atoms with Gasteiger partial charge in [0.05, 0.1) is 12.2 Å². The number of carboxylic acid groups (broad SMARTS) is 1. The Balaban J connectivity index is 2.85. The molecule has 1 aromatic carbocycles. The van der Waals surface area contributed by atoms with Gasteiger partial charge in [-0.25, -0.2) is 13.1 Å². The molecule has 0 spiro atoms. The van der Waals surface area contributed by atoms with E-state index in [0.29, 0.717) is 12.1 Å². The molecule has 2 unspecified atom stereocenters. The molecule has 0 fully saturated rings. The fourth-order valence-corrected chi connectivity index (χ4v) is 3.11. The van der Waals surface area contributed by atoms with Crippen molar-refractivity contribution in [2.75, 3.05) is 11.6 Å². The summed E-state index contributed by atoms with van der Waals surface area (Å²) in [7, 11) is -3.54. The highest BCUT2D eigenvalue weighted by Gasteiger charge is 2.33. The summed E-state index contributed by atoms with van der Waals surface area (Å²) in [6, 6.07) is 5.90. The largest absolute Gasteiger partial charge is 0.481 e. The van der Waals surface area contributed by atoms with Crippen LogP contribution in [-0.2, 0) is 26.0 Å². The number of anilines is 1. The first-order chi connectivity index (χ1) is 11.3. The highest BCUT2D eigenvalue weighted by Crippen LogP contribution is 2.22. The highest BCUT2D eigenvalue weighted by atomic mass is 32.2. The predicted octanol–water partition coefficient (Wildman–Crippen LogP) is 1.85. The molecule has 0 aliphatic carbocycles. The molecule has 0 radical (unpaired) electrons. The first-order valence-electron chi connectivity index (χ1n) is 7.89. The predicted molar refractivity (Wildman–Crippen MR) is 96.8 cm³/mol. The summed E-state index contributed by atoms with van der Waals surface area (Å²) in [4.78, 5) is 23.4. The molecule has 140 valence electrons. The zero-order valence-corrected chi connectivity index (χ0v) is 16.0. The summed E-state index contributed by atoms with van der Waals surface area (Å²) in [6.45, 7) is 6.94. The van der Waals surface area contributed by atoms with E-state index in [9.17, 15) is 18.0 Å². The van der Waals surface area contributed by atoms with Crippen LogP contribution in [0, 0.1) is 11.3 Å². The van der Waals surface area contributed by atoms with Crippen LogP contribution >= 0.6 is 0 Å². The number of carbonyl (C=O) groups is 2. The minimum absolute atomic E-state index is 0.393. The Hall–Kier alpha value is -1.93. The van der Waals surface area contributed by atoms with Gasteiger partial charge in [-0.3, -0.25) is 9.59 Å². The molecule has 0 heterocycles. The van der Waals surface area contributed by atoms with E-state index in [4.69, 9.17) is 5.11 Å². The quantitative estimate of drug-likeness (QED) is 0.678. The minimum atomic E-state index is -3.54. The summed E-state index contributed by atoms with van der Waals surface area (Å²) in [5, 5.41) is 11.6. The SMILES string of the molecule is CC(Cc1ccc(NC(=O)C(NS(C)(=O)=O)C(C)(C)C)cc1)C(=O)O. The van der Waals surface area contributed by atoms with Gasteiger partial charge in [0, 0.05) is 5.69 Å². The summed E-state index contributed by atoms with van der Waals surface area (Å²) in [5.41, 5.74) is 0.750. The van der Waals surface area contributed by atoms with Crippen LogP contribution in [0.4, 0.5) is 5.69 Å². The van der Waals surface area contributed by atoms with Crippen molar-refractivity contribution in [3.63, 3.8) is 0 Å².